The first kappa shape index (κ1) is 15.7. The first-order valence-electron chi connectivity index (χ1n) is 6.75. The summed E-state index contributed by atoms with van der Waals surface area (Å²) in [7, 11) is 1.96. The average Bonchev–Trinajstić information content (AvgIpc) is 2.79. The molecule has 1 N–H and O–H groups in total. The third kappa shape index (κ3) is 4.43. The van der Waals surface area contributed by atoms with Crippen LogP contribution in [0.1, 0.15) is 30.5 Å². The molecule has 1 aromatic heterocycles. The van der Waals surface area contributed by atoms with E-state index in [0.717, 1.165) is 28.3 Å². The fourth-order valence-corrected chi connectivity index (χ4v) is 3.65. The molecule has 20 heavy (non-hydrogen) atoms. The van der Waals surface area contributed by atoms with Gasteiger partial charge in [-0.1, -0.05) is 38.8 Å². The van der Waals surface area contributed by atoms with Crippen LogP contribution in [0.25, 0.3) is 0 Å². The molecule has 0 bridgehead atoms. The molecule has 0 radical (unpaired) electrons. The molecule has 0 amide bonds. The van der Waals surface area contributed by atoms with E-state index in [9.17, 15) is 0 Å². The van der Waals surface area contributed by atoms with Gasteiger partial charge in [0.15, 0.2) is 0 Å². The number of hydrogen-bond donors (Lipinski definition) is 1. The molecule has 0 aliphatic rings. The van der Waals surface area contributed by atoms with Crippen LogP contribution in [-0.4, -0.2) is 16.3 Å². The molecule has 1 aromatic carbocycles. The van der Waals surface area contributed by atoms with E-state index in [0.29, 0.717) is 6.04 Å². The molecule has 108 valence electrons. The van der Waals surface area contributed by atoms with E-state index in [1.165, 1.54) is 11.1 Å². The molecule has 2 rings (SSSR count). The van der Waals surface area contributed by atoms with Crippen molar-refractivity contribution in [2.24, 2.45) is 7.05 Å². The Hall–Kier alpha value is -0.650. The maximum absolute atomic E-state index is 4.22. The second-order valence-corrected chi connectivity index (χ2v) is 6.71. The minimum atomic E-state index is 0.356. The van der Waals surface area contributed by atoms with Crippen molar-refractivity contribution in [2.75, 3.05) is 6.54 Å². The van der Waals surface area contributed by atoms with Gasteiger partial charge in [-0.05, 0) is 48.7 Å². The number of rotatable bonds is 6. The molecule has 1 unspecified atom stereocenters. The zero-order chi connectivity index (χ0) is 14.5. The molecule has 0 aliphatic carbocycles. The van der Waals surface area contributed by atoms with Crippen LogP contribution in [0.3, 0.4) is 0 Å². The monoisotopic (exact) mass is 399 g/mol. The highest BCUT2D eigenvalue weighted by molar-refractivity contribution is 9.11. The minimum absolute atomic E-state index is 0.356. The fraction of sp³-hybridized carbons (Fsp3) is 0.400. The number of halogens is 2. The Morgan fingerprint density at radius 3 is 2.50 bits per heavy atom. The maximum Gasteiger partial charge on any atom is 0.0521 e. The van der Waals surface area contributed by atoms with Gasteiger partial charge < -0.3 is 5.32 Å². The average molecular weight is 401 g/mol. The fourth-order valence-electron chi connectivity index (χ4n) is 2.32. The Morgan fingerprint density at radius 1 is 1.25 bits per heavy atom. The third-order valence-electron chi connectivity index (χ3n) is 3.22. The molecule has 0 aliphatic heterocycles. The van der Waals surface area contributed by atoms with E-state index in [-0.39, 0.29) is 0 Å². The molecule has 0 spiro atoms. The molecule has 3 nitrogen and oxygen atoms in total. The van der Waals surface area contributed by atoms with Crippen LogP contribution in [0, 0.1) is 0 Å². The van der Waals surface area contributed by atoms with Crippen molar-refractivity contribution in [2.45, 2.75) is 25.8 Å². The Kier molecular flexibility index (Phi) is 5.81. The van der Waals surface area contributed by atoms with Gasteiger partial charge >= 0.3 is 0 Å². The maximum atomic E-state index is 4.22. The first-order valence-corrected chi connectivity index (χ1v) is 8.34. The predicted molar refractivity (Wildman–Crippen MR) is 89.8 cm³/mol. The molecule has 0 saturated carbocycles. The van der Waals surface area contributed by atoms with Crippen LogP contribution in [0.2, 0.25) is 0 Å². The van der Waals surface area contributed by atoms with Crippen LogP contribution in [-0.2, 0) is 13.5 Å². The van der Waals surface area contributed by atoms with E-state index < -0.39 is 0 Å². The summed E-state index contributed by atoms with van der Waals surface area (Å²) in [6, 6.07) is 6.78. The van der Waals surface area contributed by atoms with E-state index in [2.05, 4.69) is 73.6 Å². The second-order valence-electron chi connectivity index (χ2n) is 4.87. The quantitative estimate of drug-likeness (QED) is 0.786. The Bertz CT molecular complexity index is 546. The van der Waals surface area contributed by atoms with Crippen LogP contribution in [0.4, 0.5) is 0 Å². The van der Waals surface area contributed by atoms with Crippen molar-refractivity contribution in [1.29, 1.82) is 0 Å². The van der Waals surface area contributed by atoms with Crippen molar-refractivity contribution in [3.63, 3.8) is 0 Å². The zero-order valence-corrected chi connectivity index (χ0v) is 14.9. The van der Waals surface area contributed by atoms with E-state index in [4.69, 9.17) is 0 Å². The highest BCUT2D eigenvalue weighted by Gasteiger charge is 2.12. The molecule has 5 heteroatoms. The molecule has 1 atom stereocenters. The highest BCUT2D eigenvalue weighted by atomic mass is 79.9. The Balaban J connectivity index is 2.09. The summed E-state index contributed by atoms with van der Waals surface area (Å²) in [5.74, 6) is 0. The predicted octanol–water partition coefficient (Wildman–Crippen LogP) is 4.23. The molecule has 2 aromatic rings. The standard InChI is InChI=1S/C15H19Br2N3/c1-3-18-15(5-4-11-9-19-20(2)10-11)12-6-13(16)8-14(17)7-12/h6-10,15,18H,3-5H2,1-2H3. The van der Waals surface area contributed by atoms with Gasteiger partial charge in [0.2, 0.25) is 0 Å². The van der Waals surface area contributed by atoms with E-state index >= 15 is 0 Å². The van der Waals surface area contributed by atoms with Gasteiger partial charge in [0.1, 0.15) is 0 Å². The van der Waals surface area contributed by atoms with Gasteiger partial charge in [0.25, 0.3) is 0 Å². The van der Waals surface area contributed by atoms with Crippen molar-refractivity contribution < 1.29 is 0 Å². The lowest BCUT2D eigenvalue weighted by molar-refractivity contribution is 0.515. The topological polar surface area (TPSA) is 29.9 Å². The number of nitrogens with one attached hydrogen (secondary N) is 1. The lowest BCUT2D eigenvalue weighted by atomic mass is 10.0. The number of aromatic nitrogens is 2. The van der Waals surface area contributed by atoms with E-state index in [1.807, 2.05) is 17.9 Å². The van der Waals surface area contributed by atoms with Gasteiger partial charge in [-0.3, -0.25) is 4.68 Å². The van der Waals surface area contributed by atoms with Crippen LogP contribution >= 0.6 is 31.9 Å². The smallest absolute Gasteiger partial charge is 0.0521 e. The van der Waals surface area contributed by atoms with Crippen molar-refractivity contribution in [3.8, 4) is 0 Å². The van der Waals surface area contributed by atoms with Gasteiger partial charge in [0, 0.05) is 28.2 Å². The lowest BCUT2D eigenvalue weighted by Gasteiger charge is -2.19. The van der Waals surface area contributed by atoms with E-state index in [1.54, 1.807) is 0 Å². The minimum Gasteiger partial charge on any atom is -0.310 e. The van der Waals surface area contributed by atoms with Crippen molar-refractivity contribution in [3.05, 3.63) is 50.7 Å². The van der Waals surface area contributed by atoms with Gasteiger partial charge in [-0.15, -0.1) is 0 Å². The normalized spacial score (nSPS) is 12.6. The molecule has 1 heterocycles. The first-order chi connectivity index (χ1) is 9.58. The Labute approximate surface area is 137 Å². The number of hydrogen-bond acceptors (Lipinski definition) is 2. The number of nitrogens with zero attached hydrogens (tertiary/aromatic N) is 2. The van der Waals surface area contributed by atoms with Gasteiger partial charge in [0.05, 0.1) is 6.20 Å². The third-order valence-corrected chi connectivity index (χ3v) is 4.13. The summed E-state index contributed by atoms with van der Waals surface area (Å²) >= 11 is 7.12. The molecule has 0 fully saturated rings. The summed E-state index contributed by atoms with van der Waals surface area (Å²) < 4.78 is 4.06. The molecular weight excluding hydrogens is 382 g/mol. The van der Waals surface area contributed by atoms with Crippen LogP contribution in [0.15, 0.2) is 39.5 Å². The summed E-state index contributed by atoms with van der Waals surface area (Å²) in [6.45, 7) is 3.10. The van der Waals surface area contributed by atoms with Crippen molar-refractivity contribution in [1.82, 2.24) is 15.1 Å². The summed E-state index contributed by atoms with van der Waals surface area (Å²) in [4.78, 5) is 0. The number of benzene rings is 1. The van der Waals surface area contributed by atoms with Crippen molar-refractivity contribution >= 4 is 31.9 Å². The van der Waals surface area contributed by atoms with Crippen LogP contribution in [0.5, 0.6) is 0 Å². The zero-order valence-electron chi connectivity index (χ0n) is 11.7. The summed E-state index contributed by atoms with van der Waals surface area (Å²) in [5, 5.41) is 7.78. The largest absolute Gasteiger partial charge is 0.310 e. The summed E-state index contributed by atoms with van der Waals surface area (Å²) in [6.07, 6.45) is 6.11. The highest BCUT2D eigenvalue weighted by Crippen LogP contribution is 2.26. The SMILES string of the molecule is CCNC(CCc1cnn(C)c1)c1cc(Br)cc(Br)c1. The molecular formula is C15H19Br2N3. The van der Waals surface area contributed by atoms with Gasteiger partial charge in [-0.25, -0.2) is 0 Å². The second kappa shape index (κ2) is 7.38. The Morgan fingerprint density at radius 2 is 1.95 bits per heavy atom. The summed E-state index contributed by atoms with van der Waals surface area (Å²) in [5.41, 5.74) is 2.58. The van der Waals surface area contributed by atoms with Crippen LogP contribution < -0.4 is 5.32 Å². The van der Waals surface area contributed by atoms with Gasteiger partial charge in [-0.2, -0.15) is 5.10 Å². The molecule has 0 saturated heterocycles. The number of aryl methyl sites for hydroxylation is 2. The lowest BCUT2D eigenvalue weighted by Crippen LogP contribution is -2.21.